The highest BCUT2D eigenvalue weighted by molar-refractivity contribution is 7.80. The first-order valence-electron chi connectivity index (χ1n) is 7.78. The van der Waals surface area contributed by atoms with Crippen LogP contribution in [-0.4, -0.2) is 10.2 Å². The van der Waals surface area contributed by atoms with Gasteiger partial charge < -0.3 is 15.0 Å². The predicted molar refractivity (Wildman–Crippen MR) is 103 cm³/mol. The molecule has 0 spiro atoms. The van der Waals surface area contributed by atoms with Gasteiger partial charge in [-0.1, -0.05) is 60.7 Å². The third-order valence-corrected chi connectivity index (χ3v) is 4.21. The van der Waals surface area contributed by atoms with Gasteiger partial charge >= 0.3 is 0 Å². The van der Waals surface area contributed by atoms with Gasteiger partial charge in [0, 0.05) is 16.3 Å². The molecule has 0 aliphatic rings. The molecule has 0 atom stereocenters. The standard InChI is InChI=1S/C20H16N2OS/c24-20(23-13-14-7-2-1-3-8-14)22-18-12-6-10-16-15-9-4-5-11-17(15)21-19(16)18/h1-12,21H,13H2,(H,22,24). The SMILES string of the molecule is S=C(Nc1cccc2c1[nH]c1ccccc12)OCc1ccccc1. The summed E-state index contributed by atoms with van der Waals surface area (Å²) in [5.41, 5.74) is 4.15. The van der Waals surface area contributed by atoms with Crippen LogP contribution in [0.2, 0.25) is 0 Å². The van der Waals surface area contributed by atoms with Crippen molar-refractivity contribution in [3.8, 4) is 0 Å². The van der Waals surface area contributed by atoms with E-state index in [-0.39, 0.29) is 0 Å². The van der Waals surface area contributed by atoms with Crippen molar-refractivity contribution in [3.05, 3.63) is 78.4 Å². The van der Waals surface area contributed by atoms with E-state index in [1.807, 2.05) is 54.6 Å². The maximum Gasteiger partial charge on any atom is 0.261 e. The summed E-state index contributed by atoms with van der Waals surface area (Å²) in [4.78, 5) is 3.45. The summed E-state index contributed by atoms with van der Waals surface area (Å²) in [6.45, 7) is 0.454. The average molecular weight is 332 g/mol. The van der Waals surface area contributed by atoms with Crippen molar-refractivity contribution in [2.75, 3.05) is 5.32 Å². The molecule has 1 heterocycles. The van der Waals surface area contributed by atoms with Crippen LogP contribution in [0.25, 0.3) is 21.8 Å². The molecule has 4 rings (SSSR count). The lowest BCUT2D eigenvalue weighted by Crippen LogP contribution is -2.13. The van der Waals surface area contributed by atoms with E-state index in [0.29, 0.717) is 11.8 Å². The number of hydrogen-bond acceptors (Lipinski definition) is 2. The molecule has 0 radical (unpaired) electrons. The fourth-order valence-corrected chi connectivity index (χ4v) is 3.02. The summed E-state index contributed by atoms with van der Waals surface area (Å²) < 4.78 is 5.66. The van der Waals surface area contributed by atoms with Gasteiger partial charge in [-0.25, -0.2) is 0 Å². The molecular formula is C20H16N2OS. The van der Waals surface area contributed by atoms with Gasteiger partial charge in [-0.2, -0.15) is 0 Å². The van der Waals surface area contributed by atoms with Crippen molar-refractivity contribution in [3.63, 3.8) is 0 Å². The monoisotopic (exact) mass is 332 g/mol. The molecule has 0 aliphatic carbocycles. The molecule has 2 N–H and O–H groups in total. The second-order valence-corrected chi connectivity index (χ2v) is 5.96. The average Bonchev–Trinajstić information content (AvgIpc) is 3.01. The molecule has 0 unspecified atom stereocenters. The largest absolute Gasteiger partial charge is 0.466 e. The lowest BCUT2D eigenvalue weighted by Gasteiger charge is -2.10. The van der Waals surface area contributed by atoms with E-state index in [1.165, 1.54) is 10.8 Å². The molecular weight excluding hydrogens is 316 g/mol. The Kier molecular flexibility index (Phi) is 3.89. The van der Waals surface area contributed by atoms with Crippen LogP contribution in [-0.2, 0) is 11.3 Å². The Morgan fingerprint density at radius 2 is 1.62 bits per heavy atom. The van der Waals surface area contributed by atoms with E-state index in [9.17, 15) is 0 Å². The number of ether oxygens (including phenoxy) is 1. The summed E-state index contributed by atoms with van der Waals surface area (Å²) in [6.07, 6.45) is 0. The number of aromatic nitrogens is 1. The van der Waals surface area contributed by atoms with Crippen LogP contribution in [0, 0.1) is 0 Å². The number of para-hydroxylation sites is 2. The van der Waals surface area contributed by atoms with E-state index in [2.05, 4.69) is 28.5 Å². The molecule has 0 fully saturated rings. The van der Waals surface area contributed by atoms with Gasteiger partial charge in [0.1, 0.15) is 6.61 Å². The summed E-state index contributed by atoms with van der Waals surface area (Å²) in [5, 5.41) is 5.93. The van der Waals surface area contributed by atoms with Crippen LogP contribution in [0.4, 0.5) is 5.69 Å². The minimum atomic E-state index is 0.366. The zero-order chi connectivity index (χ0) is 16.4. The number of H-pyrrole nitrogens is 1. The van der Waals surface area contributed by atoms with Crippen LogP contribution < -0.4 is 5.32 Å². The molecule has 4 heteroatoms. The zero-order valence-electron chi connectivity index (χ0n) is 13.0. The number of rotatable bonds is 3. The summed E-state index contributed by atoms with van der Waals surface area (Å²) in [5.74, 6) is 0. The number of anilines is 1. The summed E-state index contributed by atoms with van der Waals surface area (Å²) in [6, 6.07) is 24.4. The van der Waals surface area contributed by atoms with Crippen molar-refractivity contribution >= 4 is 44.9 Å². The fraction of sp³-hybridized carbons (Fsp3) is 0.0500. The van der Waals surface area contributed by atoms with Crippen molar-refractivity contribution in [2.24, 2.45) is 0 Å². The topological polar surface area (TPSA) is 37.0 Å². The number of nitrogens with one attached hydrogen (secondary N) is 2. The first-order valence-corrected chi connectivity index (χ1v) is 8.19. The molecule has 3 aromatic carbocycles. The fourth-order valence-electron chi connectivity index (χ4n) is 2.85. The molecule has 0 bridgehead atoms. The Hall–Kier alpha value is -2.85. The molecule has 0 saturated carbocycles. The van der Waals surface area contributed by atoms with Crippen LogP contribution in [0.3, 0.4) is 0 Å². The molecule has 0 saturated heterocycles. The Bertz CT molecular complexity index is 1010. The molecule has 0 aliphatic heterocycles. The number of hydrogen-bond donors (Lipinski definition) is 2. The highest BCUT2D eigenvalue weighted by Crippen LogP contribution is 2.30. The van der Waals surface area contributed by atoms with Crippen LogP contribution >= 0.6 is 12.2 Å². The van der Waals surface area contributed by atoms with Crippen molar-refractivity contribution in [1.82, 2.24) is 4.98 Å². The number of thiocarbonyl (C=S) groups is 1. The normalized spacial score (nSPS) is 10.8. The molecule has 4 aromatic rings. The van der Waals surface area contributed by atoms with Crippen LogP contribution in [0.5, 0.6) is 0 Å². The van der Waals surface area contributed by atoms with E-state index < -0.39 is 0 Å². The van der Waals surface area contributed by atoms with Gasteiger partial charge in [-0.05, 0) is 29.9 Å². The molecule has 118 valence electrons. The Morgan fingerprint density at radius 3 is 2.50 bits per heavy atom. The van der Waals surface area contributed by atoms with Crippen molar-refractivity contribution in [1.29, 1.82) is 0 Å². The van der Waals surface area contributed by atoms with Gasteiger partial charge in [0.05, 0.1) is 11.2 Å². The Labute approximate surface area is 145 Å². The Balaban J connectivity index is 1.57. The minimum absolute atomic E-state index is 0.366. The van der Waals surface area contributed by atoms with Gasteiger partial charge in [-0.3, -0.25) is 0 Å². The lowest BCUT2D eigenvalue weighted by molar-refractivity contribution is 0.300. The maximum absolute atomic E-state index is 5.66. The third-order valence-electron chi connectivity index (χ3n) is 3.99. The first-order chi connectivity index (χ1) is 11.8. The van der Waals surface area contributed by atoms with Gasteiger partial charge in [0.25, 0.3) is 5.17 Å². The second kappa shape index (κ2) is 6.34. The quantitative estimate of drug-likeness (QED) is 0.504. The highest BCUT2D eigenvalue weighted by atomic mass is 32.1. The Morgan fingerprint density at radius 1 is 0.875 bits per heavy atom. The van der Waals surface area contributed by atoms with Gasteiger partial charge in [0.15, 0.2) is 0 Å². The van der Waals surface area contributed by atoms with Crippen LogP contribution in [0.15, 0.2) is 72.8 Å². The zero-order valence-corrected chi connectivity index (χ0v) is 13.8. The smallest absolute Gasteiger partial charge is 0.261 e. The van der Waals surface area contributed by atoms with E-state index in [1.54, 1.807) is 0 Å². The molecule has 24 heavy (non-hydrogen) atoms. The predicted octanol–water partition coefficient (Wildman–Crippen LogP) is 5.23. The van der Waals surface area contributed by atoms with Crippen molar-refractivity contribution < 1.29 is 4.74 Å². The first kappa shape index (κ1) is 14.7. The van der Waals surface area contributed by atoms with E-state index >= 15 is 0 Å². The molecule has 3 nitrogen and oxygen atoms in total. The van der Waals surface area contributed by atoms with Crippen molar-refractivity contribution in [2.45, 2.75) is 6.61 Å². The number of benzene rings is 3. The maximum atomic E-state index is 5.66. The minimum Gasteiger partial charge on any atom is -0.466 e. The van der Waals surface area contributed by atoms with E-state index in [0.717, 1.165) is 22.3 Å². The summed E-state index contributed by atoms with van der Waals surface area (Å²) >= 11 is 5.33. The third kappa shape index (κ3) is 2.84. The lowest BCUT2D eigenvalue weighted by atomic mass is 10.1. The van der Waals surface area contributed by atoms with Gasteiger partial charge in [-0.15, -0.1) is 0 Å². The molecule has 1 aromatic heterocycles. The number of fused-ring (bicyclic) bond motifs is 3. The second-order valence-electron chi connectivity index (χ2n) is 5.59. The molecule has 0 amide bonds. The highest BCUT2D eigenvalue weighted by Gasteiger charge is 2.09. The van der Waals surface area contributed by atoms with Gasteiger partial charge in [0.2, 0.25) is 0 Å². The number of aromatic amines is 1. The summed E-state index contributed by atoms with van der Waals surface area (Å²) in [7, 11) is 0. The van der Waals surface area contributed by atoms with E-state index in [4.69, 9.17) is 17.0 Å². The van der Waals surface area contributed by atoms with Crippen LogP contribution in [0.1, 0.15) is 5.56 Å².